The minimum atomic E-state index is -2.60. The second kappa shape index (κ2) is 7.00. The van der Waals surface area contributed by atoms with Crippen molar-refractivity contribution < 1.29 is 13.5 Å². The van der Waals surface area contributed by atoms with Crippen molar-refractivity contribution in [3.63, 3.8) is 0 Å². The Bertz CT molecular complexity index is 816. The average Bonchev–Trinajstić information content (AvgIpc) is 3.20. The molecular weight excluding hydrogens is 336 g/mol. The van der Waals surface area contributed by atoms with Crippen molar-refractivity contribution in [2.24, 2.45) is 7.05 Å². The first-order valence-electron chi connectivity index (χ1n) is 7.06. The number of nitrogens with zero attached hydrogens (tertiary/aromatic N) is 5. The minimum Gasteiger partial charge on any atom is -0.497 e. The first kappa shape index (κ1) is 16.4. The largest absolute Gasteiger partial charge is 0.497 e. The molecule has 0 spiro atoms. The lowest BCUT2D eigenvalue weighted by atomic mass is 10.2. The molecule has 6 nitrogen and oxygen atoms in total. The zero-order chi connectivity index (χ0) is 17.1. The van der Waals surface area contributed by atoms with Gasteiger partial charge in [0.2, 0.25) is 0 Å². The fourth-order valence-electron chi connectivity index (χ4n) is 2.19. The molecular formula is C15H15F2N5OS. The summed E-state index contributed by atoms with van der Waals surface area (Å²) in [5.41, 5.74) is 0.895. The molecule has 3 aromatic rings. The molecule has 3 rings (SSSR count). The molecule has 0 saturated heterocycles. The quantitative estimate of drug-likeness (QED) is 0.637. The first-order chi connectivity index (χ1) is 11.6. The number of benzene rings is 1. The van der Waals surface area contributed by atoms with Crippen molar-refractivity contribution in [1.29, 1.82) is 0 Å². The molecule has 2 heterocycles. The third-order valence-electron chi connectivity index (χ3n) is 3.47. The van der Waals surface area contributed by atoms with E-state index in [1.165, 1.54) is 24.2 Å². The number of alkyl halides is 2. The summed E-state index contributed by atoms with van der Waals surface area (Å²) in [6.45, 7) is -2.60. The SMILES string of the molecule is COc1ccc(-c2nnc(SCc3nccn3C(F)F)n2C)cc1. The van der Waals surface area contributed by atoms with Gasteiger partial charge >= 0.3 is 6.55 Å². The van der Waals surface area contributed by atoms with Crippen LogP contribution < -0.4 is 4.74 Å². The maximum Gasteiger partial charge on any atom is 0.319 e. The maximum absolute atomic E-state index is 12.8. The molecule has 0 amide bonds. The highest BCUT2D eigenvalue weighted by Gasteiger charge is 2.15. The summed E-state index contributed by atoms with van der Waals surface area (Å²) in [4.78, 5) is 3.96. The molecule has 0 aliphatic carbocycles. The van der Waals surface area contributed by atoms with Crippen LogP contribution in [0.3, 0.4) is 0 Å². The Hall–Kier alpha value is -2.42. The van der Waals surface area contributed by atoms with Crippen molar-refractivity contribution in [2.45, 2.75) is 17.5 Å². The smallest absolute Gasteiger partial charge is 0.319 e. The molecule has 0 unspecified atom stereocenters. The molecule has 9 heteroatoms. The van der Waals surface area contributed by atoms with Gasteiger partial charge in [0.15, 0.2) is 11.0 Å². The van der Waals surface area contributed by atoms with Crippen LogP contribution in [0.25, 0.3) is 11.4 Å². The van der Waals surface area contributed by atoms with E-state index in [4.69, 9.17) is 4.74 Å². The number of methoxy groups -OCH3 is 1. The third kappa shape index (κ3) is 3.25. The van der Waals surface area contributed by atoms with E-state index in [1.807, 2.05) is 35.9 Å². The fourth-order valence-corrected chi connectivity index (χ4v) is 3.06. The number of halogens is 2. The van der Waals surface area contributed by atoms with Crippen LogP contribution in [0.15, 0.2) is 41.8 Å². The zero-order valence-electron chi connectivity index (χ0n) is 13.1. The van der Waals surface area contributed by atoms with Crippen molar-refractivity contribution in [1.82, 2.24) is 24.3 Å². The summed E-state index contributed by atoms with van der Waals surface area (Å²) >= 11 is 1.31. The van der Waals surface area contributed by atoms with Gasteiger partial charge in [-0.1, -0.05) is 11.8 Å². The van der Waals surface area contributed by atoms with E-state index in [-0.39, 0.29) is 5.75 Å². The van der Waals surface area contributed by atoms with E-state index in [2.05, 4.69) is 15.2 Å². The lowest BCUT2D eigenvalue weighted by molar-refractivity contribution is 0.0678. The van der Waals surface area contributed by atoms with Gasteiger partial charge in [0.05, 0.1) is 12.9 Å². The second-order valence-corrected chi connectivity index (χ2v) is 5.85. The Morgan fingerprint density at radius 1 is 1.21 bits per heavy atom. The van der Waals surface area contributed by atoms with Crippen LogP contribution in [0.2, 0.25) is 0 Å². The molecule has 0 aliphatic rings. The van der Waals surface area contributed by atoms with E-state index < -0.39 is 6.55 Å². The Morgan fingerprint density at radius 2 is 1.96 bits per heavy atom. The van der Waals surface area contributed by atoms with Crippen LogP contribution in [-0.2, 0) is 12.8 Å². The van der Waals surface area contributed by atoms with Gasteiger partial charge in [-0.2, -0.15) is 8.78 Å². The van der Waals surface area contributed by atoms with Gasteiger partial charge in [0.1, 0.15) is 11.6 Å². The van der Waals surface area contributed by atoms with Gasteiger partial charge in [-0.3, -0.25) is 4.57 Å². The zero-order valence-corrected chi connectivity index (χ0v) is 13.9. The third-order valence-corrected chi connectivity index (χ3v) is 4.49. The summed E-state index contributed by atoms with van der Waals surface area (Å²) in [7, 11) is 3.44. The van der Waals surface area contributed by atoms with E-state index in [0.29, 0.717) is 16.8 Å². The Balaban J connectivity index is 1.76. The van der Waals surface area contributed by atoms with Gasteiger partial charge in [-0.25, -0.2) is 4.98 Å². The van der Waals surface area contributed by atoms with Crippen LogP contribution in [0, 0.1) is 0 Å². The standard InChI is InChI=1S/C15H15F2N5OS/c1-21-13(10-3-5-11(23-2)6-4-10)19-20-15(21)24-9-12-18-7-8-22(12)14(16)17/h3-8,14H,9H2,1-2H3. The normalized spacial score (nSPS) is 11.2. The molecule has 126 valence electrons. The predicted molar refractivity (Wildman–Crippen MR) is 86.0 cm³/mol. The number of hydrogen-bond donors (Lipinski definition) is 0. The van der Waals surface area contributed by atoms with E-state index in [1.54, 1.807) is 7.11 Å². The number of thioether (sulfide) groups is 1. The Morgan fingerprint density at radius 3 is 2.62 bits per heavy atom. The maximum atomic E-state index is 12.8. The Labute approximate surface area is 141 Å². The van der Waals surface area contributed by atoms with Gasteiger partial charge in [0.25, 0.3) is 0 Å². The van der Waals surface area contributed by atoms with E-state index >= 15 is 0 Å². The minimum absolute atomic E-state index is 0.284. The van der Waals surface area contributed by atoms with Crippen molar-refractivity contribution in [3.05, 3.63) is 42.5 Å². The molecule has 0 saturated carbocycles. The molecule has 0 bridgehead atoms. The number of hydrogen-bond acceptors (Lipinski definition) is 5. The molecule has 0 fully saturated rings. The molecule has 0 aliphatic heterocycles. The molecule has 0 N–H and O–H groups in total. The number of ether oxygens (including phenoxy) is 1. The lowest BCUT2D eigenvalue weighted by Crippen LogP contribution is -2.03. The van der Waals surface area contributed by atoms with Gasteiger partial charge in [-0.15, -0.1) is 10.2 Å². The van der Waals surface area contributed by atoms with Crippen molar-refractivity contribution >= 4 is 11.8 Å². The van der Waals surface area contributed by atoms with Crippen LogP contribution in [0.4, 0.5) is 8.78 Å². The molecule has 0 atom stereocenters. The highest BCUT2D eigenvalue weighted by atomic mass is 32.2. The topological polar surface area (TPSA) is 57.8 Å². The second-order valence-electron chi connectivity index (χ2n) is 4.91. The highest BCUT2D eigenvalue weighted by Crippen LogP contribution is 2.26. The van der Waals surface area contributed by atoms with Crippen LogP contribution in [0.5, 0.6) is 5.75 Å². The fraction of sp³-hybridized carbons (Fsp3) is 0.267. The van der Waals surface area contributed by atoms with Crippen LogP contribution in [0.1, 0.15) is 12.4 Å². The molecule has 24 heavy (non-hydrogen) atoms. The number of rotatable bonds is 6. The van der Waals surface area contributed by atoms with Crippen molar-refractivity contribution in [2.75, 3.05) is 7.11 Å². The number of aromatic nitrogens is 5. The van der Waals surface area contributed by atoms with Crippen LogP contribution >= 0.6 is 11.8 Å². The first-order valence-corrected chi connectivity index (χ1v) is 8.05. The molecule has 1 aromatic carbocycles. The summed E-state index contributed by atoms with van der Waals surface area (Å²) in [5.74, 6) is 2.03. The van der Waals surface area contributed by atoms with Gasteiger partial charge in [-0.05, 0) is 24.3 Å². The molecule has 0 radical (unpaired) electrons. The van der Waals surface area contributed by atoms with Crippen molar-refractivity contribution in [3.8, 4) is 17.1 Å². The number of imidazole rings is 1. The van der Waals surface area contributed by atoms with E-state index in [9.17, 15) is 8.78 Å². The van der Waals surface area contributed by atoms with E-state index in [0.717, 1.165) is 15.9 Å². The summed E-state index contributed by atoms with van der Waals surface area (Å²) in [6.07, 6.45) is 2.63. The van der Waals surface area contributed by atoms with Crippen LogP contribution in [-0.4, -0.2) is 31.4 Å². The highest BCUT2D eigenvalue weighted by molar-refractivity contribution is 7.98. The monoisotopic (exact) mass is 351 g/mol. The summed E-state index contributed by atoms with van der Waals surface area (Å²) in [5, 5.41) is 8.93. The van der Waals surface area contributed by atoms with Gasteiger partial charge < -0.3 is 9.30 Å². The lowest BCUT2D eigenvalue weighted by Gasteiger charge is -2.06. The predicted octanol–water partition coefficient (Wildman–Crippen LogP) is 3.37. The average molecular weight is 351 g/mol. The Kier molecular flexibility index (Phi) is 4.79. The van der Waals surface area contributed by atoms with Gasteiger partial charge in [0, 0.05) is 25.0 Å². The summed E-state index contributed by atoms with van der Waals surface area (Å²) < 4.78 is 33.4. The summed E-state index contributed by atoms with van der Waals surface area (Å²) in [6, 6.07) is 7.47. The molecule has 2 aromatic heterocycles.